The van der Waals surface area contributed by atoms with Gasteiger partial charge in [0.15, 0.2) is 5.16 Å². The highest BCUT2D eigenvalue weighted by molar-refractivity contribution is 9.11. The van der Waals surface area contributed by atoms with Gasteiger partial charge >= 0.3 is 5.97 Å². The maximum Gasteiger partial charge on any atom is 0.313 e. The van der Waals surface area contributed by atoms with Crippen molar-refractivity contribution >= 4 is 67.9 Å². The number of aliphatic carboxylic acids is 1. The summed E-state index contributed by atoms with van der Waals surface area (Å²) in [7, 11) is 0. The molecule has 0 aliphatic heterocycles. The molecule has 2 rings (SSSR count). The number of imidazole rings is 1. The van der Waals surface area contributed by atoms with Crippen molar-refractivity contribution in [2.45, 2.75) is 11.7 Å². The number of halogens is 3. The Morgan fingerprint density at radius 1 is 1.45 bits per heavy atom. The average molecular weight is 396 g/mol. The lowest BCUT2D eigenvalue weighted by molar-refractivity contribution is -0.133. The zero-order valence-electron chi connectivity index (χ0n) is 10.1. The molecule has 0 saturated carbocycles. The number of carboxylic acids is 1. The van der Waals surface area contributed by atoms with E-state index < -0.39 is 5.97 Å². The van der Waals surface area contributed by atoms with Crippen LogP contribution >= 0.6 is 50.9 Å². The highest BCUT2D eigenvalue weighted by Crippen LogP contribution is 2.31. The summed E-state index contributed by atoms with van der Waals surface area (Å²) in [6, 6.07) is 3.38. The number of benzene rings is 1. The second kappa shape index (κ2) is 6.39. The number of hydrogen-bond donors (Lipinski definition) is 1. The SMILES string of the molecule is C=C(Br)Cn1c(SCC(=O)O)nc2cc(Cl)c(Cl)cc21. The molecule has 8 heteroatoms. The lowest BCUT2D eigenvalue weighted by Gasteiger charge is -2.07. The van der Waals surface area contributed by atoms with Crippen LogP contribution in [0.15, 0.2) is 28.4 Å². The lowest BCUT2D eigenvalue weighted by Crippen LogP contribution is -2.03. The van der Waals surface area contributed by atoms with Crippen LogP contribution in [0.4, 0.5) is 0 Å². The molecule has 106 valence electrons. The van der Waals surface area contributed by atoms with Crippen molar-refractivity contribution in [1.29, 1.82) is 0 Å². The fourth-order valence-electron chi connectivity index (χ4n) is 1.66. The molecular formula is C12H9BrCl2N2O2S. The van der Waals surface area contributed by atoms with Crippen molar-refractivity contribution < 1.29 is 9.90 Å². The van der Waals surface area contributed by atoms with Crippen molar-refractivity contribution in [3.8, 4) is 0 Å². The number of allylic oxidation sites excluding steroid dienone is 1. The first-order valence-corrected chi connectivity index (χ1v) is 7.95. The molecule has 1 N–H and O–H groups in total. The van der Waals surface area contributed by atoms with Gasteiger partial charge < -0.3 is 9.67 Å². The van der Waals surface area contributed by atoms with Gasteiger partial charge in [0.1, 0.15) is 0 Å². The van der Waals surface area contributed by atoms with Gasteiger partial charge in [-0.15, -0.1) is 0 Å². The fourth-order valence-corrected chi connectivity index (χ4v) is 2.96. The van der Waals surface area contributed by atoms with Crippen LogP contribution in [0.2, 0.25) is 10.0 Å². The van der Waals surface area contributed by atoms with Crippen LogP contribution in [0, 0.1) is 0 Å². The van der Waals surface area contributed by atoms with E-state index in [1.807, 2.05) is 4.57 Å². The molecule has 0 saturated heterocycles. The van der Waals surface area contributed by atoms with Crippen LogP contribution in [0.3, 0.4) is 0 Å². The zero-order valence-corrected chi connectivity index (χ0v) is 14.0. The molecule has 0 unspecified atom stereocenters. The monoisotopic (exact) mass is 394 g/mol. The molecule has 0 fully saturated rings. The van der Waals surface area contributed by atoms with E-state index in [4.69, 9.17) is 28.3 Å². The predicted molar refractivity (Wildman–Crippen MR) is 86.2 cm³/mol. The van der Waals surface area contributed by atoms with E-state index in [0.29, 0.717) is 27.3 Å². The van der Waals surface area contributed by atoms with Gasteiger partial charge in [-0.25, -0.2) is 4.98 Å². The van der Waals surface area contributed by atoms with Gasteiger partial charge in [0.2, 0.25) is 0 Å². The number of nitrogens with zero attached hydrogens (tertiary/aromatic N) is 2. The van der Waals surface area contributed by atoms with Crippen LogP contribution < -0.4 is 0 Å². The molecule has 0 atom stereocenters. The molecule has 1 heterocycles. The maximum atomic E-state index is 10.7. The van der Waals surface area contributed by atoms with E-state index in [-0.39, 0.29) is 5.75 Å². The van der Waals surface area contributed by atoms with Gasteiger partial charge in [0, 0.05) is 4.48 Å². The van der Waals surface area contributed by atoms with Crippen LogP contribution in [-0.2, 0) is 11.3 Å². The number of thioether (sulfide) groups is 1. The van der Waals surface area contributed by atoms with E-state index in [1.165, 1.54) is 0 Å². The van der Waals surface area contributed by atoms with Crippen molar-refractivity contribution in [3.63, 3.8) is 0 Å². The highest BCUT2D eigenvalue weighted by Gasteiger charge is 2.15. The molecule has 20 heavy (non-hydrogen) atoms. The zero-order chi connectivity index (χ0) is 14.9. The Hall–Kier alpha value is -0.690. The summed E-state index contributed by atoms with van der Waals surface area (Å²) in [5.41, 5.74) is 1.45. The largest absolute Gasteiger partial charge is 0.481 e. The Morgan fingerprint density at radius 3 is 2.70 bits per heavy atom. The third-order valence-corrected chi connectivity index (χ3v) is 4.34. The average Bonchev–Trinajstić information content (AvgIpc) is 2.65. The minimum atomic E-state index is -0.901. The molecule has 0 amide bonds. The van der Waals surface area contributed by atoms with Crippen molar-refractivity contribution in [2.24, 2.45) is 0 Å². The highest BCUT2D eigenvalue weighted by atomic mass is 79.9. The van der Waals surface area contributed by atoms with Gasteiger partial charge in [-0.1, -0.05) is 57.5 Å². The number of hydrogen-bond acceptors (Lipinski definition) is 3. The fraction of sp³-hybridized carbons (Fsp3) is 0.167. The van der Waals surface area contributed by atoms with Crippen molar-refractivity contribution in [1.82, 2.24) is 9.55 Å². The Labute approximate surface area is 137 Å². The first-order valence-electron chi connectivity index (χ1n) is 5.41. The van der Waals surface area contributed by atoms with E-state index in [1.54, 1.807) is 12.1 Å². The third kappa shape index (κ3) is 3.49. The van der Waals surface area contributed by atoms with E-state index in [9.17, 15) is 4.79 Å². The second-order valence-corrected chi connectivity index (χ2v) is 6.81. The Morgan fingerprint density at radius 2 is 2.10 bits per heavy atom. The molecule has 0 bridgehead atoms. The minimum absolute atomic E-state index is 0.0699. The van der Waals surface area contributed by atoms with Gasteiger partial charge in [-0.2, -0.15) is 0 Å². The first-order chi connectivity index (χ1) is 9.38. The van der Waals surface area contributed by atoms with Crippen LogP contribution in [0.5, 0.6) is 0 Å². The Balaban J connectivity index is 2.54. The second-order valence-electron chi connectivity index (χ2n) is 3.94. The number of aromatic nitrogens is 2. The number of carbonyl (C=O) groups is 1. The topological polar surface area (TPSA) is 55.1 Å². The van der Waals surface area contributed by atoms with Gasteiger partial charge in [-0.3, -0.25) is 4.79 Å². The molecule has 1 aromatic heterocycles. The standard InChI is InChI=1S/C12H9BrCl2N2O2S/c1-6(13)4-17-10-3-8(15)7(14)2-9(10)16-12(17)20-5-11(18)19/h2-3H,1,4-5H2,(H,18,19). The summed E-state index contributed by atoms with van der Waals surface area (Å²) < 4.78 is 2.60. The minimum Gasteiger partial charge on any atom is -0.481 e. The van der Waals surface area contributed by atoms with E-state index >= 15 is 0 Å². The summed E-state index contributed by atoms with van der Waals surface area (Å²) >= 11 is 16.4. The number of carboxylic acid groups (broad SMARTS) is 1. The molecule has 0 radical (unpaired) electrons. The first kappa shape index (κ1) is 15.7. The lowest BCUT2D eigenvalue weighted by atomic mass is 10.3. The maximum absolute atomic E-state index is 10.7. The van der Waals surface area contributed by atoms with Crippen LogP contribution in [0.1, 0.15) is 0 Å². The van der Waals surface area contributed by atoms with E-state index in [2.05, 4.69) is 27.5 Å². The third-order valence-electron chi connectivity index (χ3n) is 2.41. The summed E-state index contributed by atoms with van der Waals surface area (Å²) in [5.74, 6) is -0.971. The van der Waals surface area contributed by atoms with Crippen molar-refractivity contribution in [3.05, 3.63) is 33.2 Å². The number of fused-ring (bicyclic) bond motifs is 1. The summed E-state index contributed by atoms with van der Waals surface area (Å²) in [6.07, 6.45) is 0. The molecule has 2 aromatic rings. The molecule has 0 spiro atoms. The summed E-state index contributed by atoms with van der Waals surface area (Å²) in [5, 5.41) is 10.2. The molecule has 4 nitrogen and oxygen atoms in total. The van der Waals surface area contributed by atoms with E-state index in [0.717, 1.165) is 21.8 Å². The van der Waals surface area contributed by atoms with Crippen LogP contribution in [0.25, 0.3) is 11.0 Å². The van der Waals surface area contributed by atoms with Crippen molar-refractivity contribution in [2.75, 3.05) is 5.75 Å². The van der Waals surface area contributed by atoms with Gasteiger partial charge in [0.25, 0.3) is 0 Å². The van der Waals surface area contributed by atoms with Gasteiger partial charge in [0.05, 0.1) is 33.4 Å². The van der Waals surface area contributed by atoms with Gasteiger partial charge in [-0.05, 0) is 12.1 Å². The quantitative estimate of drug-likeness (QED) is 0.761. The Kier molecular flexibility index (Phi) is 5.01. The normalized spacial score (nSPS) is 10.9. The molecule has 0 aliphatic rings. The molecular weight excluding hydrogens is 387 g/mol. The smallest absolute Gasteiger partial charge is 0.313 e. The summed E-state index contributed by atoms with van der Waals surface area (Å²) in [4.78, 5) is 15.1. The number of rotatable bonds is 5. The molecule has 1 aromatic carbocycles. The Bertz CT molecular complexity index is 702. The molecule has 0 aliphatic carbocycles. The van der Waals surface area contributed by atoms with Crippen LogP contribution in [-0.4, -0.2) is 26.4 Å². The summed E-state index contributed by atoms with van der Waals surface area (Å²) in [6.45, 7) is 4.27. The predicted octanol–water partition coefficient (Wildman–Crippen LogP) is 4.43.